The van der Waals surface area contributed by atoms with Gasteiger partial charge in [-0.3, -0.25) is 0 Å². The van der Waals surface area contributed by atoms with Crippen LogP contribution in [-0.2, 0) is 6.54 Å². The molecule has 0 unspecified atom stereocenters. The van der Waals surface area contributed by atoms with Crippen molar-refractivity contribution in [1.29, 1.82) is 0 Å². The van der Waals surface area contributed by atoms with E-state index >= 15 is 0 Å². The predicted molar refractivity (Wildman–Crippen MR) is 80.0 cm³/mol. The highest BCUT2D eigenvalue weighted by molar-refractivity contribution is 6.30. The van der Waals surface area contributed by atoms with Crippen LogP contribution in [0.15, 0.2) is 28.7 Å². The van der Waals surface area contributed by atoms with Gasteiger partial charge in [0, 0.05) is 44.7 Å². The molecule has 1 heterocycles. The lowest BCUT2D eigenvalue weighted by Gasteiger charge is -2.12. The lowest BCUT2D eigenvalue weighted by molar-refractivity contribution is 0.217. The Hall–Kier alpha value is -1.72. The van der Waals surface area contributed by atoms with Gasteiger partial charge in [0.05, 0.1) is 0 Å². The van der Waals surface area contributed by atoms with E-state index < -0.39 is 0 Å². The molecule has 0 atom stereocenters. The van der Waals surface area contributed by atoms with Crippen LogP contribution in [-0.4, -0.2) is 38.1 Å². The number of amides is 2. The first-order valence-corrected chi connectivity index (χ1v) is 6.79. The molecule has 0 spiro atoms. The number of carbonyl (C=O) groups excluding carboxylic acids is 1. The van der Waals surface area contributed by atoms with Gasteiger partial charge in [-0.2, -0.15) is 0 Å². The molecular formula is C14H18ClN3O2. The number of para-hydroxylation sites is 1. The molecule has 0 radical (unpaired) electrons. The molecule has 0 aliphatic heterocycles. The zero-order chi connectivity index (χ0) is 14.5. The summed E-state index contributed by atoms with van der Waals surface area (Å²) in [5.74, 6) is 0. The predicted octanol–water partition coefficient (Wildman–Crippen LogP) is 2.45. The van der Waals surface area contributed by atoms with Gasteiger partial charge in [-0.15, -0.1) is 0 Å². The van der Waals surface area contributed by atoms with Gasteiger partial charge in [-0.05, 0) is 17.7 Å². The van der Waals surface area contributed by atoms with Crippen LogP contribution in [0.25, 0.3) is 11.0 Å². The highest BCUT2D eigenvalue weighted by Crippen LogP contribution is 2.29. The maximum atomic E-state index is 11.3. The number of hydrogen-bond donors (Lipinski definition) is 2. The summed E-state index contributed by atoms with van der Waals surface area (Å²) in [5.41, 5.74) is 1.73. The quantitative estimate of drug-likeness (QED) is 0.833. The van der Waals surface area contributed by atoms with Gasteiger partial charge in [-0.25, -0.2) is 4.79 Å². The molecule has 1 aromatic heterocycles. The Labute approximate surface area is 122 Å². The summed E-state index contributed by atoms with van der Waals surface area (Å²) in [6.45, 7) is 1.83. The van der Waals surface area contributed by atoms with Crippen molar-refractivity contribution in [3.05, 3.63) is 35.0 Å². The minimum Gasteiger partial charge on any atom is -0.444 e. The highest BCUT2D eigenvalue weighted by Gasteiger charge is 2.11. The fraction of sp³-hybridized carbons (Fsp3) is 0.357. The molecular weight excluding hydrogens is 278 g/mol. The second kappa shape index (κ2) is 6.63. The summed E-state index contributed by atoms with van der Waals surface area (Å²) in [5, 5.41) is 7.45. The molecule has 0 saturated carbocycles. The Morgan fingerprint density at radius 1 is 1.30 bits per heavy atom. The first-order chi connectivity index (χ1) is 9.59. The monoisotopic (exact) mass is 295 g/mol. The van der Waals surface area contributed by atoms with Gasteiger partial charge in [0.1, 0.15) is 5.58 Å². The minimum atomic E-state index is -0.0985. The average molecular weight is 296 g/mol. The molecule has 2 amide bonds. The van der Waals surface area contributed by atoms with E-state index in [2.05, 4.69) is 10.6 Å². The zero-order valence-corrected chi connectivity index (χ0v) is 12.3. The Kier molecular flexibility index (Phi) is 4.87. The number of nitrogens with one attached hydrogen (secondary N) is 2. The van der Waals surface area contributed by atoms with Gasteiger partial charge < -0.3 is 20.0 Å². The Bertz CT molecular complexity index is 595. The van der Waals surface area contributed by atoms with Gasteiger partial charge in [-0.1, -0.05) is 18.2 Å². The van der Waals surface area contributed by atoms with E-state index in [-0.39, 0.29) is 6.03 Å². The lowest BCUT2D eigenvalue weighted by atomic mass is 10.2. The fourth-order valence-electron chi connectivity index (χ4n) is 1.86. The van der Waals surface area contributed by atoms with E-state index in [0.29, 0.717) is 24.9 Å². The first-order valence-electron chi connectivity index (χ1n) is 6.41. The minimum absolute atomic E-state index is 0.0985. The summed E-state index contributed by atoms with van der Waals surface area (Å²) >= 11 is 6.09. The Morgan fingerprint density at radius 3 is 2.80 bits per heavy atom. The molecule has 0 aliphatic rings. The maximum absolute atomic E-state index is 11.3. The third-order valence-electron chi connectivity index (χ3n) is 2.93. The summed E-state index contributed by atoms with van der Waals surface area (Å²) in [4.78, 5) is 12.8. The van der Waals surface area contributed by atoms with E-state index in [9.17, 15) is 4.79 Å². The second-order valence-corrected chi connectivity index (χ2v) is 5.00. The van der Waals surface area contributed by atoms with Gasteiger partial charge in [0.15, 0.2) is 5.22 Å². The van der Waals surface area contributed by atoms with E-state index in [1.165, 1.54) is 4.90 Å². The number of furan rings is 1. The van der Waals surface area contributed by atoms with E-state index in [1.807, 2.05) is 24.3 Å². The van der Waals surface area contributed by atoms with Crippen molar-refractivity contribution in [1.82, 2.24) is 15.5 Å². The van der Waals surface area contributed by atoms with Crippen LogP contribution in [0.3, 0.4) is 0 Å². The first kappa shape index (κ1) is 14.7. The summed E-state index contributed by atoms with van der Waals surface area (Å²) in [7, 11) is 3.42. The van der Waals surface area contributed by atoms with E-state index in [4.69, 9.17) is 16.0 Å². The standard InChI is InChI=1S/C14H18ClN3O2/c1-18(2)14(19)17-8-7-16-9-11-10-5-3-4-6-12(10)20-13(11)15/h3-6,16H,7-9H2,1-2H3,(H,17,19). The van der Waals surface area contributed by atoms with E-state index in [0.717, 1.165) is 16.5 Å². The van der Waals surface area contributed by atoms with Gasteiger partial charge in [0.2, 0.25) is 0 Å². The third-order valence-corrected chi connectivity index (χ3v) is 3.24. The molecule has 0 bridgehead atoms. The van der Waals surface area contributed by atoms with Crippen molar-refractivity contribution in [2.45, 2.75) is 6.54 Å². The molecule has 2 N–H and O–H groups in total. The van der Waals surface area contributed by atoms with E-state index in [1.54, 1.807) is 14.1 Å². The second-order valence-electron chi connectivity index (χ2n) is 4.65. The van der Waals surface area contributed by atoms with Crippen molar-refractivity contribution in [3.63, 3.8) is 0 Å². The van der Waals surface area contributed by atoms with Crippen LogP contribution in [0.5, 0.6) is 0 Å². The molecule has 6 heteroatoms. The SMILES string of the molecule is CN(C)C(=O)NCCNCc1c(Cl)oc2ccccc12. The van der Waals surface area contributed by atoms with Crippen LogP contribution in [0.1, 0.15) is 5.56 Å². The van der Waals surface area contributed by atoms with Crippen LogP contribution in [0.2, 0.25) is 5.22 Å². The number of benzene rings is 1. The number of urea groups is 1. The molecule has 5 nitrogen and oxygen atoms in total. The number of nitrogens with zero attached hydrogens (tertiary/aromatic N) is 1. The molecule has 2 aromatic rings. The fourth-order valence-corrected chi connectivity index (χ4v) is 2.11. The number of fused-ring (bicyclic) bond motifs is 1. The van der Waals surface area contributed by atoms with Crippen molar-refractivity contribution in [3.8, 4) is 0 Å². The highest BCUT2D eigenvalue weighted by atomic mass is 35.5. The maximum Gasteiger partial charge on any atom is 0.316 e. The van der Waals surface area contributed by atoms with Crippen molar-refractivity contribution >= 4 is 28.6 Å². The van der Waals surface area contributed by atoms with Crippen molar-refractivity contribution in [2.24, 2.45) is 0 Å². The smallest absolute Gasteiger partial charge is 0.316 e. The number of hydrogen-bond acceptors (Lipinski definition) is 3. The largest absolute Gasteiger partial charge is 0.444 e. The molecule has 20 heavy (non-hydrogen) atoms. The molecule has 0 aliphatic carbocycles. The number of halogens is 1. The topological polar surface area (TPSA) is 57.5 Å². The molecule has 2 rings (SSSR count). The summed E-state index contributed by atoms with van der Waals surface area (Å²) < 4.78 is 5.47. The average Bonchev–Trinajstić information content (AvgIpc) is 2.74. The number of carbonyl (C=O) groups is 1. The van der Waals surface area contributed by atoms with Crippen molar-refractivity contribution < 1.29 is 9.21 Å². The summed E-state index contributed by atoms with van der Waals surface area (Å²) in [6, 6.07) is 7.64. The van der Waals surface area contributed by atoms with Crippen LogP contribution < -0.4 is 10.6 Å². The van der Waals surface area contributed by atoms with Gasteiger partial charge in [0.25, 0.3) is 0 Å². The molecule has 0 fully saturated rings. The molecule has 0 saturated heterocycles. The van der Waals surface area contributed by atoms with Crippen LogP contribution in [0.4, 0.5) is 4.79 Å². The molecule has 1 aromatic carbocycles. The normalized spacial score (nSPS) is 10.8. The van der Waals surface area contributed by atoms with Crippen LogP contribution in [0, 0.1) is 0 Å². The lowest BCUT2D eigenvalue weighted by Crippen LogP contribution is -2.38. The third kappa shape index (κ3) is 3.43. The van der Waals surface area contributed by atoms with Crippen molar-refractivity contribution in [2.75, 3.05) is 27.2 Å². The molecule has 108 valence electrons. The number of rotatable bonds is 5. The summed E-state index contributed by atoms with van der Waals surface area (Å²) in [6.07, 6.45) is 0. The van der Waals surface area contributed by atoms with Gasteiger partial charge >= 0.3 is 6.03 Å². The van der Waals surface area contributed by atoms with Crippen LogP contribution >= 0.6 is 11.6 Å². The Balaban J connectivity index is 1.84. The Morgan fingerprint density at radius 2 is 2.05 bits per heavy atom. The zero-order valence-electron chi connectivity index (χ0n) is 11.6.